The van der Waals surface area contributed by atoms with Gasteiger partial charge in [-0.15, -0.1) is 42.0 Å². The molecule has 7 aromatic carbocycles. The summed E-state index contributed by atoms with van der Waals surface area (Å²) in [6.45, 7) is 0. The second kappa shape index (κ2) is 14.1. The van der Waals surface area contributed by atoms with E-state index in [4.69, 9.17) is 14.7 Å². The minimum atomic E-state index is -0.573. The van der Waals surface area contributed by atoms with E-state index in [1.54, 1.807) is 0 Å². The molecule has 0 saturated carbocycles. The van der Waals surface area contributed by atoms with Crippen LogP contribution in [0.4, 0.5) is 0 Å². The maximum Gasteiger partial charge on any atom is 2.00 e. The Labute approximate surface area is 348 Å². The molecular formula is C50H32N4OPdS. The summed E-state index contributed by atoms with van der Waals surface area (Å²) in [6.07, 6.45) is 2.11. The Morgan fingerprint density at radius 3 is 2.04 bits per heavy atom. The normalized spacial score (nSPS) is 12.9. The van der Waals surface area contributed by atoms with Gasteiger partial charge in [0.05, 0.1) is 27.8 Å². The van der Waals surface area contributed by atoms with Gasteiger partial charge >= 0.3 is 20.4 Å². The number of ether oxygens (including phenoxy) is 1. The molecular weight excluding hydrogens is 811 g/mol. The van der Waals surface area contributed by atoms with Crippen LogP contribution in [0.5, 0.6) is 11.5 Å². The van der Waals surface area contributed by atoms with Crippen molar-refractivity contribution in [2.75, 3.05) is 0 Å². The van der Waals surface area contributed by atoms with Gasteiger partial charge in [-0.3, -0.25) is 4.98 Å². The number of aromatic nitrogens is 4. The number of benzene rings is 7. The number of para-hydroxylation sites is 3. The number of rotatable bonds is 6. The van der Waals surface area contributed by atoms with E-state index in [1.165, 1.54) is 32.0 Å². The van der Waals surface area contributed by atoms with Crippen molar-refractivity contribution in [1.29, 1.82) is 0 Å². The third-order valence-corrected chi connectivity index (χ3v) is 12.2. The second-order valence-electron chi connectivity index (χ2n) is 14.0. The zero-order valence-electron chi connectivity index (χ0n) is 30.7. The van der Waals surface area contributed by atoms with Crippen LogP contribution in [-0.4, -0.2) is 19.1 Å². The molecule has 0 amide bonds. The van der Waals surface area contributed by atoms with E-state index in [-0.39, 0.29) is 20.4 Å². The third kappa shape index (κ3) is 5.50. The van der Waals surface area contributed by atoms with E-state index in [1.807, 2.05) is 67.3 Å². The Bertz CT molecular complexity index is 3080. The van der Waals surface area contributed by atoms with Gasteiger partial charge in [-0.1, -0.05) is 133 Å². The fourth-order valence-electron chi connectivity index (χ4n) is 8.56. The molecule has 0 N–H and O–H groups in total. The molecule has 0 fully saturated rings. The average Bonchev–Trinajstić information content (AvgIpc) is 3.78. The van der Waals surface area contributed by atoms with Gasteiger partial charge in [0.15, 0.2) is 0 Å². The van der Waals surface area contributed by atoms with Crippen LogP contribution < -0.4 is 4.74 Å². The molecule has 0 aliphatic carbocycles. The Balaban J connectivity index is 0.00000396. The fourth-order valence-corrected chi connectivity index (χ4v) is 9.88. The van der Waals surface area contributed by atoms with Crippen molar-refractivity contribution in [1.82, 2.24) is 19.1 Å². The first-order valence-electron chi connectivity index (χ1n) is 18.6. The number of fused-ring (bicyclic) bond motifs is 7. The van der Waals surface area contributed by atoms with Crippen LogP contribution in [0.3, 0.4) is 0 Å². The quantitative estimate of drug-likeness (QED) is 0.124. The summed E-state index contributed by atoms with van der Waals surface area (Å²) in [5, 5.41) is 2.26. The zero-order valence-corrected chi connectivity index (χ0v) is 33.0. The number of aryl methyl sites for hydroxylation is 1. The summed E-state index contributed by atoms with van der Waals surface area (Å²) >= 11 is 1.83. The largest absolute Gasteiger partial charge is 2.00 e. The minimum absolute atomic E-state index is 0. The molecule has 1 aliphatic heterocycles. The molecule has 4 heterocycles. The van der Waals surface area contributed by atoms with Crippen molar-refractivity contribution in [3.63, 3.8) is 0 Å². The van der Waals surface area contributed by atoms with Crippen LogP contribution in [0.1, 0.15) is 22.3 Å². The number of pyridine rings is 1. The van der Waals surface area contributed by atoms with Crippen LogP contribution >= 0.6 is 11.8 Å². The first-order chi connectivity index (χ1) is 27.7. The van der Waals surface area contributed by atoms with E-state index in [0.29, 0.717) is 11.5 Å². The van der Waals surface area contributed by atoms with Crippen molar-refractivity contribution in [3.8, 4) is 28.6 Å². The smallest absolute Gasteiger partial charge is 0.503 e. The third-order valence-electron chi connectivity index (χ3n) is 11.0. The monoisotopic (exact) mass is 842 g/mol. The van der Waals surface area contributed by atoms with Crippen LogP contribution in [0, 0.1) is 12.1 Å². The Morgan fingerprint density at radius 2 is 1.26 bits per heavy atom. The van der Waals surface area contributed by atoms with Gasteiger partial charge in [0.25, 0.3) is 0 Å². The van der Waals surface area contributed by atoms with Crippen molar-refractivity contribution in [2.45, 2.75) is 15.2 Å². The summed E-state index contributed by atoms with van der Waals surface area (Å²) in [5.41, 5.74) is 9.91. The van der Waals surface area contributed by atoms with E-state index >= 15 is 0 Å². The molecule has 5 nitrogen and oxygen atoms in total. The molecule has 3 aromatic heterocycles. The number of nitrogens with zero attached hydrogens (tertiary/aromatic N) is 4. The zero-order chi connectivity index (χ0) is 37.2. The van der Waals surface area contributed by atoms with Gasteiger partial charge in [-0.05, 0) is 41.0 Å². The van der Waals surface area contributed by atoms with Crippen molar-refractivity contribution in [2.24, 2.45) is 7.05 Å². The summed E-state index contributed by atoms with van der Waals surface area (Å²) in [5.74, 6) is 2.00. The Morgan fingerprint density at radius 1 is 0.614 bits per heavy atom. The van der Waals surface area contributed by atoms with Crippen LogP contribution in [0.15, 0.2) is 186 Å². The summed E-state index contributed by atoms with van der Waals surface area (Å²) < 4.78 is 10.8. The number of imidazole rings is 1. The predicted octanol–water partition coefficient (Wildman–Crippen LogP) is 12.0. The SMILES string of the molecule is Cn1c(-c2[c-]c(Oc3[c-]c(-n4c5ccccc5c5c6c(cnc54)C(c4ccccc4)(c4ccccc4)c4ccccc4S6)ccc3)ccc2)nc2ccccc21.[Pd+2]. The predicted molar refractivity (Wildman–Crippen MR) is 225 cm³/mol. The molecule has 11 rings (SSSR count). The topological polar surface area (TPSA) is 44.9 Å². The van der Waals surface area contributed by atoms with Gasteiger partial charge in [0.1, 0.15) is 5.65 Å². The van der Waals surface area contributed by atoms with E-state index < -0.39 is 5.41 Å². The van der Waals surface area contributed by atoms with Gasteiger partial charge < -0.3 is 13.9 Å². The minimum Gasteiger partial charge on any atom is -0.503 e. The molecule has 0 unspecified atom stereocenters. The van der Waals surface area contributed by atoms with Gasteiger partial charge in [-0.25, -0.2) is 4.98 Å². The van der Waals surface area contributed by atoms with Gasteiger partial charge in [0.2, 0.25) is 0 Å². The van der Waals surface area contributed by atoms with Gasteiger partial charge in [0, 0.05) is 50.9 Å². The second-order valence-corrected chi connectivity index (χ2v) is 15.1. The average molecular weight is 843 g/mol. The molecule has 0 atom stereocenters. The first-order valence-corrected chi connectivity index (χ1v) is 19.5. The molecule has 1 aliphatic rings. The van der Waals surface area contributed by atoms with Crippen LogP contribution in [-0.2, 0) is 32.9 Å². The summed E-state index contributed by atoms with van der Waals surface area (Å²) in [4.78, 5) is 12.7. The van der Waals surface area contributed by atoms with Crippen molar-refractivity contribution < 1.29 is 25.2 Å². The first kappa shape index (κ1) is 35.2. The Kier molecular flexibility index (Phi) is 8.68. The maximum absolute atomic E-state index is 6.49. The molecule has 274 valence electrons. The molecule has 0 radical (unpaired) electrons. The molecule has 57 heavy (non-hydrogen) atoms. The maximum atomic E-state index is 6.49. The van der Waals surface area contributed by atoms with Crippen molar-refractivity contribution in [3.05, 3.63) is 210 Å². The van der Waals surface area contributed by atoms with Gasteiger partial charge in [-0.2, -0.15) is 6.07 Å². The Hall–Kier alpha value is -6.23. The summed E-state index contributed by atoms with van der Waals surface area (Å²) in [7, 11) is 2.03. The number of hydrogen-bond donors (Lipinski definition) is 0. The molecule has 0 spiro atoms. The number of hydrogen-bond acceptors (Lipinski definition) is 4. The van der Waals surface area contributed by atoms with Crippen molar-refractivity contribution >= 4 is 44.7 Å². The molecule has 0 saturated heterocycles. The van der Waals surface area contributed by atoms with E-state index in [9.17, 15) is 0 Å². The molecule has 0 bridgehead atoms. The molecule has 7 heteroatoms. The fraction of sp³-hybridized carbons (Fsp3) is 0.0400. The van der Waals surface area contributed by atoms with E-state index in [0.717, 1.165) is 50.0 Å². The van der Waals surface area contributed by atoms with E-state index in [2.05, 4.69) is 149 Å². The standard InChI is InChI=1S/C50H32N4OS.Pd/c1-53-44-28-12-10-26-42(44)52-48(53)33-16-14-22-37(30-33)55-38-23-15-21-36(31-38)54-43-27-11-8-24-39(43)46-47-41(32-51-49(46)54)50(34-17-4-2-5-18-34,35-19-6-3-7-20-35)40-25-9-13-29-45(40)56-47;/h2-29,32H,1H3;/q-2;+2. The molecule has 10 aromatic rings. The van der Waals surface area contributed by atoms with Crippen LogP contribution in [0.25, 0.3) is 50.0 Å². The summed E-state index contributed by atoms with van der Waals surface area (Å²) in [6, 6.07) is 66.3. The van der Waals surface area contributed by atoms with Crippen LogP contribution in [0.2, 0.25) is 0 Å².